The molecule has 4 N–H and O–H groups in total. The SMILES string of the molecule is CCn1ccc2nc(N)nc(N)c21. The lowest BCUT2D eigenvalue weighted by atomic mass is 10.4. The van der Waals surface area contributed by atoms with Crippen LogP contribution >= 0.6 is 0 Å². The highest BCUT2D eigenvalue weighted by Crippen LogP contribution is 2.19. The summed E-state index contributed by atoms with van der Waals surface area (Å²) in [5.41, 5.74) is 12.8. The summed E-state index contributed by atoms with van der Waals surface area (Å²) >= 11 is 0. The van der Waals surface area contributed by atoms with E-state index in [1.807, 2.05) is 23.8 Å². The average Bonchev–Trinajstić information content (AvgIpc) is 2.47. The largest absolute Gasteiger partial charge is 0.382 e. The second kappa shape index (κ2) is 2.62. The van der Waals surface area contributed by atoms with Gasteiger partial charge in [-0.15, -0.1) is 0 Å². The van der Waals surface area contributed by atoms with Crippen LogP contribution in [0.25, 0.3) is 11.0 Å². The van der Waals surface area contributed by atoms with Crippen LogP contribution in [0, 0.1) is 0 Å². The molecule has 0 aliphatic rings. The molecule has 0 aliphatic carbocycles. The van der Waals surface area contributed by atoms with Crippen LogP contribution in [-0.4, -0.2) is 14.5 Å². The van der Waals surface area contributed by atoms with Crippen molar-refractivity contribution in [3.8, 4) is 0 Å². The summed E-state index contributed by atoms with van der Waals surface area (Å²) in [5.74, 6) is 0.660. The Bertz CT molecular complexity index is 445. The molecule has 2 aromatic heterocycles. The van der Waals surface area contributed by atoms with Crippen LogP contribution in [0.1, 0.15) is 6.92 Å². The molecule has 0 fully saturated rings. The zero-order chi connectivity index (χ0) is 9.42. The number of hydrogen-bond donors (Lipinski definition) is 2. The Morgan fingerprint density at radius 1 is 1.38 bits per heavy atom. The summed E-state index contributed by atoms with van der Waals surface area (Å²) in [6.45, 7) is 2.89. The Hall–Kier alpha value is -1.78. The van der Waals surface area contributed by atoms with Crippen LogP contribution in [0.5, 0.6) is 0 Å². The van der Waals surface area contributed by atoms with Crippen molar-refractivity contribution in [2.24, 2.45) is 0 Å². The first kappa shape index (κ1) is 7.85. The van der Waals surface area contributed by atoms with Gasteiger partial charge in [-0.3, -0.25) is 0 Å². The van der Waals surface area contributed by atoms with Crippen molar-refractivity contribution in [3.05, 3.63) is 12.3 Å². The normalized spacial score (nSPS) is 10.8. The quantitative estimate of drug-likeness (QED) is 0.668. The molecule has 2 rings (SSSR count). The van der Waals surface area contributed by atoms with E-state index in [0.29, 0.717) is 5.82 Å². The number of aromatic nitrogens is 3. The van der Waals surface area contributed by atoms with Crippen molar-refractivity contribution >= 4 is 22.8 Å². The van der Waals surface area contributed by atoms with Gasteiger partial charge in [0.2, 0.25) is 5.95 Å². The minimum absolute atomic E-state index is 0.221. The van der Waals surface area contributed by atoms with Gasteiger partial charge < -0.3 is 16.0 Å². The van der Waals surface area contributed by atoms with Gasteiger partial charge in [0.05, 0.1) is 5.52 Å². The van der Waals surface area contributed by atoms with Gasteiger partial charge in [0.25, 0.3) is 0 Å². The maximum absolute atomic E-state index is 5.73. The van der Waals surface area contributed by atoms with Crippen molar-refractivity contribution in [1.29, 1.82) is 0 Å². The van der Waals surface area contributed by atoms with Gasteiger partial charge in [0.1, 0.15) is 5.52 Å². The Labute approximate surface area is 75.4 Å². The average molecular weight is 177 g/mol. The van der Waals surface area contributed by atoms with Crippen LogP contribution in [0.3, 0.4) is 0 Å². The second-order valence-corrected chi connectivity index (χ2v) is 2.80. The van der Waals surface area contributed by atoms with Crippen molar-refractivity contribution in [3.63, 3.8) is 0 Å². The van der Waals surface area contributed by atoms with E-state index in [2.05, 4.69) is 9.97 Å². The van der Waals surface area contributed by atoms with Crippen LogP contribution in [-0.2, 0) is 6.54 Å². The molecule has 0 aliphatic heterocycles. The molecule has 2 heterocycles. The molecule has 0 saturated carbocycles. The highest BCUT2D eigenvalue weighted by Gasteiger charge is 2.06. The Morgan fingerprint density at radius 3 is 2.85 bits per heavy atom. The van der Waals surface area contributed by atoms with E-state index >= 15 is 0 Å². The molecule has 5 heteroatoms. The lowest BCUT2D eigenvalue weighted by Gasteiger charge is -2.02. The van der Waals surface area contributed by atoms with E-state index in [0.717, 1.165) is 17.6 Å². The van der Waals surface area contributed by atoms with Gasteiger partial charge in [0, 0.05) is 12.7 Å². The number of nitrogens with two attached hydrogens (primary N) is 2. The van der Waals surface area contributed by atoms with Crippen molar-refractivity contribution in [2.45, 2.75) is 13.5 Å². The first-order valence-corrected chi connectivity index (χ1v) is 4.10. The van der Waals surface area contributed by atoms with Gasteiger partial charge in [-0.1, -0.05) is 0 Å². The predicted octanol–water partition coefficient (Wildman–Crippen LogP) is 0.616. The van der Waals surface area contributed by atoms with Crippen LogP contribution in [0.4, 0.5) is 11.8 Å². The molecular formula is C8H11N5. The summed E-state index contributed by atoms with van der Waals surface area (Å²) < 4.78 is 1.99. The van der Waals surface area contributed by atoms with Gasteiger partial charge >= 0.3 is 0 Å². The molecule has 0 radical (unpaired) electrons. The number of nitrogens with zero attached hydrogens (tertiary/aromatic N) is 3. The molecule has 2 aromatic rings. The Kier molecular flexibility index (Phi) is 1.58. The molecule has 0 amide bonds. The van der Waals surface area contributed by atoms with E-state index in [1.165, 1.54) is 0 Å². The summed E-state index contributed by atoms with van der Waals surface area (Å²) in [6.07, 6.45) is 1.93. The van der Waals surface area contributed by atoms with Crippen molar-refractivity contribution < 1.29 is 0 Å². The summed E-state index contributed by atoms with van der Waals surface area (Å²) in [5, 5.41) is 0. The third kappa shape index (κ3) is 1.09. The maximum atomic E-state index is 5.73. The van der Waals surface area contributed by atoms with Crippen molar-refractivity contribution in [1.82, 2.24) is 14.5 Å². The van der Waals surface area contributed by atoms with Gasteiger partial charge in [-0.05, 0) is 13.0 Å². The minimum Gasteiger partial charge on any atom is -0.382 e. The smallest absolute Gasteiger partial charge is 0.222 e. The standard InChI is InChI=1S/C8H11N5/c1-2-13-4-3-5-6(13)7(9)12-8(10)11-5/h3-4H,2H2,1H3,(H4,9,10,11,12). The Balaban J connectivity index is 2.82. The number of nitrogen functional groups attached to an aromatic ring is 2. The molecule has 13 heavy (non-hydrogen) atoms. The van der Waals surface area contributed by atoms with Crippen LogP contribution < -0.4 is 11.5 Å². The number of hydrogen-bond acceptors (Lipinski definition) is 4. The van der Waals surface area contributed by atoms with E-state index in [-0.39, 0.29) is 5.95 Å². The first-order valence-electron chi connectivity index (χ1n) is 4.10. The van der Waals surface area contributed by atoms with Gasteiger partial charge in [0.15, 0.2) is 5.82 Å². The third-order valence-electron chi connectivity index (χ3n) is 2.00. The fourth-order valence-corrected chi connectivity index (χ4v) is 1.42. The molecule has 68 valence electrons. The number of rotatable bonds is 1. The van der Waals surface area contributed by atoms with E-state index in [1.54, 1.807) is 0 Å². The minimum atomic E-state index is 0.221. The zero-order valence-corrected chi connectivity index (χ0v) is 7.36. The highest BCUT2D eigenvalue weighted by molar-refractivity contribution is 5.86. The van der Waals surface area contributed by atoms with Gasteiger partial charge in [-0.2, -0.15) is 4.98 Å². The molecule has 0 saturated heterocycles. The fraction of sp³-hybridized carbons (Fsp3) is 0.250. The monoisotopic (exact) mass is 177 g/mol. The van der Waals surface area contributed by atoms with E-state index in [9.17, 15) is 0 Å². The Morgan fingerprint density at radius 2 is 2.15 bits per heavy atom. The van der Waals surface area contributed by atoms with Crippen molar-refractivity contribution in [2.75, 3.05) is 11.5 Å². The lowest BCUT2D eigenvalue weighted by molar-refractivity contribution is 0.797. The molecule has 0 unspecified atom stereocenters. The second-order valence-electron chi connectivity index (χ2n) is 2.80. The van der Waals surface area contributed by atoms with Crippen LogP contribution in [0.2, 0.25) is 0 Å². The molecule has 0 spiro atoms. The summed E-state index contributed by atoms with van der Waals surface area (Å²) in [7, 11) is 0. The summed E-state index contributed by atoms with van der Waals surface area (Å²) in [6, 6.07) is 1.88. The van der Waals surface area contributed by atoms with E-state index in [4.69, 9.17) is 11.5 Å². The highest BCUT2D eigenvalue weighted by atomic mass is 15.1. The third-order valence-corrected chi connectivity index (χ3v) is 2.00. The van der Waals surface area contributed by atoms with Crippen LogP contribution in [0.15, 0.2) is 12.3 Å². The first-order chi connectivity index (χ1) is 6.22. The topological polar surface area (TPSA) is 82.8 Å². The molecule has 0 bridgehead atoms. The van der Waals surface area contributed by atoms with Gasteiger partial charge in [-0.25, -0.2) is 4.98 Å². The summed E-state index contributed by atoms with van der Waals surface area (Å²) in [4.78, 5) is 7.98. The molecule has 0 aromatic carbocycles. The predicted molar refractivity (Wildman–Crippen MR) is 52.0 cm³/mol. The molecule has 5 nitrogen and oxygen atoms in total. The molecular weight excluding hydrogens is 166 g/mol. The fourth-order valence-electron chi connectivity index (χ4n) is 1.42. The van der Waals surface area contributed by atoms with E-state index < -0.39 is 0 Å². The zero-order valence-electron chi connectivity index (χ0n) is 7.36. The molecule has 0 atom stereocenters. The number of aryl methyl sites for hydroxylation is 1. The number of fused-ring (bicyclic) bond motifs is 1. The maximum Gasteiger partial charge on any atom is 0.222 e. The number of anilines is 2. The lowest BCUT2D eigenvalue weighted by Crippen LogP contribution is -2.02.